The molecule has 3 aromatic rings. The Hall–Kier alpha value is -2.88. The molecule has 0 aliphatic carbocycles. The summed E-state index contributed by atoms with van der Waals surface area (Å²) >= 11 is 0. The monoisotopic (exact) mass is 403 g/mol. The minimum absolute atomic E-state index is 0.0216. The Bertz CT molecular complexity index is 1210. The van der Waals surface area contributed by atoms with Gasteiger partial charge in [-0.1, -0.05) is 36.4 Å². The second-order valence-corrected chi connectivity index (χ2v) is 9.01. The normalized spacial score (nSPS) is 11.9. The van der Waals surface area contributed by atoms with E-state index in [4.69, 9.17) is 10.9 Å². The highest BCUT2D eigenvalue weighted by molar-refractivity contribution is 7.93. The van der Waals surface area contributed by atoms with Gasteiger partial charge in [-0.15, -0.1) is 0 Å². The number of primary sulfonamides is 1. The number of rotatable bonds is 5. The quantitative estimate of drug-likeness (QED) is 0.563. The van der Waals surface area contributed by atoms with Gasteiger partial charge in [0.1, 0.15) is 4.90 Å². The van der Waals surface area contributed by atoms with Crippen molar-refractivity contribution in [1.82, 2.24) is 0 Å². The van der Waals surface area contributed by atoms with Gasteiger partial charge in [0.25, 0.3) is 10.0 Å². The first-order valence-electron chi connectivity index (χ1n) is 7.77. The number of sulfonamides is 2. The van der Waals surface area contributed by atoms with Gasteiger partial charge < -0.3 is 5.73 Å². The van der Waals surface area contributed by atoms with Crippen molar-refractivity contribution >= 4 is 31.4 Å². The second-order valence-electron chi connectivity index (χ2n) is 5.80. The summed E-state index contributed by atoms with van der Waals surface area (Å²) in [6, 6.07) is 18.8. The number of para-hydroxylation sites is 1. The van der Waals surface area contributed by atoms with Crippen LogP contribution in [0.1, 0.15) is 0 Å². The van der Waals surface area contributed by atoms with E-state index in [1.807, 2.05) is 6.07 Å². The fraction of sp³-hybridized carbons (Fsp3) is 0. The lowest BCUT2D eigenvalue weighted by atomic mass is 10.1. The van der Waals surface area contributed by atoms with Crippen LogP contribution in [0.15, 0.2) is 82.6 Å². The van der Waals surface area contributed by atoms with Crippen LogP contribution in [-0.2, 0) is 20.0 Å². The van der Waals surface area contributed by atoms with Crippen molar-refractivity contribution in [2.75, 3.05) is 10.5 Å². The van der Waals surface area contributed by atoms with E-state index >= 15 is 0 Å². The topological polar surface area (TPSA) is 132 Å². The van der Waals surface area contributed by atoms with Crippen molar-refractivity contribution in [1.29, 1.82) is 0 Å². The lowest BCUT2D eigenvalue weighted by molar-refractivity contribution is 0.598. The van der Waals surface area contributed by atoms with Crippen LogP contribution in [0.25, 0.3) is 11.1 Å². The minimum atomic E-state index is -4.08. The van der Waals surface area contributed by atoms with Gasteiger partial charge in [-0.05, 0) is 47.5 Å². The highest BCUT2D eigenvalue weighted by Gasteiger charge is 2.20. The van der Waals surface area contributed by atoms with Gasteiger partial charge in [-0.25, -0.2) is 22.0 Å². The molecule has 0 amide bonds. The van der Waals surface area contributed by atoms with Crippen molar-refractivity contribution in [2.45, 2.75) is 9.79 Å². The van der Waals surface area contributed by atoms with Crippen LogP contribution in [0, 0.1) is 0 Å². The third-order valence-corrected chi connectivity index (χ3v) is 6.13. The van der Waals surface area contributed by atoms with E-state index < -0.39 is 20.0 Å². The maximum Gasteiger partial charge on any atom is 0.261 e. The van der Waals surface area contributed by atoms with Crippen LogP contribution >= 0.6 is 0 Å². The molecule has 0 fully saturated rings. The average Bonchev–Trinajstić information content (AvgIpc) is 2.61. The van der Waals surface area contributed by atoms with Crippen molar-refractivity contribution in [2.24, 2.45) is 5.14 Å². The molecule has 0 unspecified atom stereocenters. The summed E-state index contributed by atoms with van der Waals surface area (Å²) in [7, 11) is -8.12. The lowest BCUT2D eigenvalue weighted by Crippen LogP contribution is -2.18. The zero-order valence-corrected chi connectivity index (χ0v) is 15.7. The van der Waals surface area contributed by atoms with Crippen LogP contribution in [-0.4, -0.2) is 16.8 Å². The summed E-state index contributed by atoms with van der Waals surface area (Å²) in [5, 5.41) is 5.15. The molecule has 9 heteroatoms. The van der Waals surface area contributed by atoms with Gasteiger partial charge in [-0.3, -0.25) is 4.72 Å². The van der Waals surface area contributed by atoms with Crippen LogP contribution in [0.3, 0.4) is 0 Å². The summed E-state index contributed by atoms with van der Waals surface area (Å²) in [5.74, 6) is 0. The number of nitrogens with one attached hydrogen (secondary N) is 1. The Morgan fingerprint density at radius 3 is 2.04 bits per heavy atom. The molecule has 27 heavy (non-hydrogen) atoms. The lowest BCUT2D eigenvalue weighted by Gasteiger charge is -2.12. The zero-order valence-electron chi connectivity index (χ0n) is 14.0. The average molecular weight is 403 g/mol. The Morgan fingerprint density at radius 2 is 1.37 bits per heavy atom. The molecule has 0 bridgehead atoms. The molecule has 140 valence electrons. The van der Waals surface area contributed by atoms with Gasteiger partial charge in [0.05, 0.1) is 10.6 Å². The van der Waals surface area contributed by atoms with Crippen molar-refractivity contribution in [3.05, 3.63) is 72.8 Å². The van der Waals surface area contributed by atoms with E-state index in [-0.39, 0.29) is 15.5 Å². The number of nitrogen functional groups attached to an aromatic ring is 1. The van der Waals surface area contributed by atoms with E-state index in [0.29, 0.717) is 11.3 Å². The van der Waals surface area contributed by atoms with E-state index in [9.17, 15) is 16.8 Å². The van der Waals surface area contributed by atoms with Gasteiger partial charge in [0.2, 0.25) is 10.0 Å². The van der Waals surface area contributed by atoms with Crippen LogP contribution in [0.2, 0.25) is 0 Å². The SMILES string of the molecule is Nc1cccc(-c2cccc(S(=O)(=O)Nc3ccccc3S(N)(=O)=O)c2)c1. The molecule has 0 spiro atoms. The molecular weight excluding hydrogens is 386 g/mol. The van der Waals surface area contributed by atoms with E-state index in [0.717, 1.165) is 5.56 Å². The standard InChI is InChI=1S/C18H17N3O4S2/c19-15-7-3-5-13(11-15)14-6-4-8-16(12-14)27(24,25)21-17-9-1-2-10-18(17)26(20,22)23/h1-12,21H,19H2,(H2,20,22,23). The molecule has 0 heterocycles. The number of anilines is 2. The van der Waals surface area contributed by atoms with Crippen LogP contribution in [0.4, 0.5) is 11.4 Å². The molecule has 0 radical (unpaired) electrons. The Labute approximate surface area is 157 Å². The molecule has 7 nitrogen and oxygen atoms in total. The highest BCUT2D eigenvalue weighted by Crippen LogP contribution is 2.27. The molecule has 0 aromatic heterocycles. The summed E-state index contributed by atoms with van der Waals surface area (Å²) in [6.07, 6.45) is 0. The zero-order chi connectivity index (χ0) is 19.7. The number of nitrogens with two attached hydrogens (primary N) is 2. The summed E-state index contributed by atoms with van der Waals surface area (Å²) in [5.41, 5.74) is 7.64. The third-order valence-electron chi connectivity index (χ3n) is 3.80. The number of hydrogen-bond acceptors (Lipinski definition) is 5. The Morgan fingerprint density at radius 1 is 0.741 bits per heavy atom. The van der Waals surface area contributed by atoms with Gasteiger partial charge >= 0.3 is 0 Å². The number of hydrogen-bond donors (Lipinski definition) is 3. The molecule has 0 atom stereocenters. The third kappa shape index (κ3) is 4.27. The molecule has 0 saturated carbocycles. The van der Waals surface area contributed by atoms with E-state index in [1.165, 1.54) is 36.4 Å². The van der Waals surface area contributed by atoms with Gasteiger partial charge in [-0.2, -0.15) is 0 Å². The minimum Gasteiger partial charge on any atom is -0.399 e. The van der Waals surface area contributed by atoms with Gasteiger partial charge in [0, 0.05) is 5.69 Å². The molecule has 3 aromatic carbocycles. The van der Waals surface area contributed by atoms with E-state index in [2.05, 4.69) is 4.72 Å². The first-order chi connectivity index (χ1) is 12.7. The summed E-state index contributed by atoms with van der Waals surface area (Å²) in [6.45, 7) is 0. The van der Waals surface area contributed by atoms with Crippen molar-refractivity contribution in [3.8, 4) is 11.1 Å². The van der Waals surface area contributed by atoms with Crippen molar-refractivity contribution < 1.29 is 16.8 Å². The van der Waals surface area contributed by atoms with E-state index in [1.54, 1.807) is 30.3 Å². The summed E-state index contributed by atoms with van der Waals surface area (Å²) < 4.78 is 51.2. The van der Waals surface area contributed by atoms with Gasteiger partial charge in [0.15, 0.2) is 0 Å². The molecule has 3 rings (SSSR count). The van der Waals surface area contributed by atoms with Crippen molar-refractivity contribution in [3.63, 3.8) is 0 Å². The maximum atomic E-state index is 12.8. The molecular formula is C18H17N3O4S2. The molecule has 0 aliphatic heterocycles. The second kappa shape index (κ2) is 7.03. The Balaban J connectivity index is 2.01. The number of benzene rings is 3. The Kier molecular flexibility index (Phi) is 4.92. The first kappa shape index (κ1) is 18.9. The highest BCUT2D eigenvalue weighted by atomic mass is 32.2. The predicted molar refractivity (Wildman–Crippen MR) is 105 cm³/mol. The van der Waals surface area contributed by atoms with Crippen LogP contribution in [0.5, 0.6) is 0 Å². The van der Waals surface area contributed by atoms with Crippen LogP contribution < -0.4 is 15.6 Å². The fourth-order valence-corrected chi connectivity index (χ4v) is 4.45. The summed E-state index contributed by atoms with van der Waals surface area (Å²) in [4.78, 5) is -0.327. The fourth-order valence-electron chi connectivity index (χ4n) is 2.56. The largest absolute Gasteiger partial charge is 0.399 e. The molecule has 0 saturated heterocycles. The maximum absolute atomic E-state index is 12.8. The molecule has 0 aliphatic rings. The smallest absolute Gasteiger partial charge is 0.261 e. The first-order valence-corrected chi connectivity index (χ1v) is 10.8. The predicted octanol–water partition coefficient (Wildman–Crippen LogP) is 2.38. The molecule has 5 N–H and O–H groups in total.